The summed E-state index contributed by atoms with van der Waals surface area (Å²) in [7, 11) is 1.63. The van der Waals surface area contributed by atoms with Gasteiger partial charge in [0.1, 0.15) is 11.3 Å². The molecule has 0 bridgehead atoms. The first kappa shape index (κ1) is 13.1. The first-order valence-electron chi connectivity index (χ1n) is 5.89. The molecule has 1 aliphatic rings. The van der Waals surface area contributed by atoms with Gasteiger partial charge in [-0.2, -0.15) is 11.8 Å². The lowest BCUT2D eigenvalue weighted by Gasteiger charge is -2.27. The molecule has 1 aliphatic heterocycles. The molecule has 0 saturated carbocycles. The molecule has 0 aliphatic carbocycles. The van der Waals surface area contributed by atoms with Crippen LogP contribution in [0.4, 0.5) is 5.69 Å². The van der Waals surface area contributed by atoms with Gasteiger partial charge in [0, 0.05) is 16.7 Å². The molecule has 18 heavy (non-hydrogen) atoms. The maximum atomic E-state index is 11.7. The lowest BCUT2D eigenvalue weighted by atomic mass is 9.95. The van der Waals surface area contributed by atoms with E-state index in [1.807, 2.05) is 24.3 Å². The molecule has 2 rings (SSSR count). The molecular formula is C13H18N2O2S. The lowest BCUT2D eigenvalue weighted by molar-refractivity contribution is -0.121. The highest BCUT2D eigenvalue weighted by Crippen LogP contribution is 2.36. The SMILES string of the molecule is COc1ccc(NC2(C(N)=O)CSC(C)C2)cc1. The van der Waals surface area contributed by atoms with Crippen molar-refractivity contribution in [3.63, 3.8) is 0 Å². The minimum Gasteiger partial charge on any atom is -0.497 e. The highest BCUT2D eigenvalue weighted by molar-refractivity contribution is 8.00. The molecular weight excluding hydrogens is 248 g/mol. The number of thioether (sulfide) groups is 1. The predicted molar refractivity (Wildman–Crippen MR) is 75.1 cm³/mol. The van der Waals surface area contributed by atoms with E-state index in [0.29, 0.717) is 5.25 Å². The van der Waals surface area contributed by atoms with Crippen LogP contribution in [0.5, 0.6) is 5.75 Å². The molecule has 1 aromatic carbocycles. The van der Waals surface area contributed by atoms with E-state index in [0.717, 1.165) is 23.6 Å². The van der Waals surface area contributed by atoms with Crippen molar-refractivity contribution in [2.75, 3.05) is 18.2 Å². The third-order valence-corrected chi connectivity index (χ3v) is 4.59. The van der Waals surface area contributed by atoms with Crippen molar-refractivity contribution in [1.82, 2.24) is 0 Å². The minimum absolute atomic E-state index is 0.282. The van der Waals surface area contributed by atoms with E-state index in [1.54, 1.807) is 18.9 Å². The fraction of sp³-hybridized carbons (Fsp3) is 0.462. The van der Waals surface area contributed by atoms with Gasteiger partial charge in [0.15, 0.2) is 0 Å². The van der Waals surface area contributed by atoms with Gasteiger partial charge in [-0.1, -0.05) is 6.92 Å². The highest BCUT2D eigenvalue weighted by Gasteiger charge is 2.43. The van der Waals surface area contributed by atoms with E-state index >= 15 is 0 Å². The van der Waals surface area contributed by atoms with Crippen LogP contribution in [0.25, 0.3) is 0 Å². The van der Waals surface area contributed by atoms with Crippen molar-refractivity contribution in [1.29, 1.82) is 0 Å². The minimum atomic E-state index is -0.626. The van der Waals surface area contributed by atoms with Gasteiger partial charge >= 0.3 is 0 Å². The van der Waals surface area contributed by atoms with Gasteiger partial charge in [-0.15, -0.1) is 0 Å². The monoisotopic (exact) mass is 266 g/mol. The number of carbonyl (C=O) groups excluding carboxylic acids is 1. The number of carbonyl (C=O) groups is 1. The number of benzene rings is 1. The van der Waals surface area contributed by atoms with Gasteiger partial charge in [-0.05, 0) is 30.7 Å². The Morgan fingerprint density at radius 2 is 2.17 bits per heavy atom. The van der Waals surface area contributed by atoms with Crippen LogP contribution in [0.3, 0.4) is 0 Å². The van der Waals surface area contributed by atoms with Gasteiger partial charge in [0.25, 0.3) is 0 Å². The summed E-state index contributed by atoms with van der Waals surface area (Å²) < 4.78 is 5.11. The van der Waals surface area contributed by atoms with Crippen LogP contribution < -0.4 is 15.8 Å². The standard InChI is InChI=1S/C13H18N2O2S/c1-9-7-13(8-18-9,12(14)16)15-10-3-5-11(17-2)6-4-10/h3-6,9,15H,7-8H2,1-2H3,(H2,14,16). The van der Waals surface area contributed by atoms with E-state index in [2.05, 4.69) is 12.2 Å². The van der Waals surface area contributed by atoms with Crippen molar-refractivity contribution in [2.24, 2.45) is 5.73 Å². The van der Waals surface area contributed by atoms with Crippen LogP contribution in [0.1, 0.15) is 13.3 Å². The van der Waals surface area contributed by atoms with Crippen LogP contribution in [-0.4, -0.2) is 29.6 Å². The average molecular weight is 266 g/mol. The first-order chi connectivity index (χ1) is 8.55. The molecule has 5 heteroatoms. The number of nitrogens with two attached hydrogens (primary N) is 1. The van der Waals surface area contributed by atoms with Crippen molar-refractivity contribution < 1.29 is 9.53 Å². The number of anilines is 1. The number of amides is 1. The van der Waals surface area contributed by atoms with Gasteiger partial charge in [0.2, 0.25) is 5.91 Å². The van der Waals surface area contributed by atoms with E-state index in [4.69, 9.17) is 10.5 Å². The summed E-state index contributed by atoms with van der Waals surface area (Å²) in [4.78, 5) is 11.7. The Morgan fingerprint density at radius 1 is 1.50 bits per heavy atom. The topological polar surface area (TPSA) is 64.3 Å². The second kappa shape index (κ2) is 5.10. The molecule has 4 nitrogen and oxygen atoms in total. The highest BCUT2D eigenvalue weighted by atomic mass is 32.2. The summed E-state index contributed by atoms with van der Waals surface area (Å²) >= 11 is 1.77. The summed E-state index contributed by atoms with van der Waals surface area (Å²) in [5.74, 6) is 1.23. The second-order valence-electron chi connectivity index (χ2n) is 4.63. The zero-order valence-electron chi connectivity index (χ0n) is 10.6. The van der Waals surface area contributed by atoms with Crippen LogP contribution in [0.2, 0.25) is 0 Å². The number of rotatable bonds is 4. The Bertz CT molecular complexity index is 435. The van der Waals surface area contributed by atoms with Crippen LogP contribution in [0.15, 0.2) is 24.3 Å². The Labute approximate surface area is 111 Å². The van der Waals surface area contributed by atoms with E-state index < -0.39 is 5.54 Å². The zero-order chi connectivity index (χ0) is 13.2. The maximum Gasteiger partial charge on any atom is 0.244 e. The van der Waals surface area contributed by atoms with E-state index in [1.165, 1.54) is 0 Å². The second-order valence-corrected chi connectivity index (χ2v) is 6.05. The molecule has 1 fully saturated rings. The molecule has 98 valence electrons. The van der Waals surface area contributed by atoms with Gasteiger partial charge < -0.3 is 15.8 Å². The first-order valence-corrected chi connectivity index (χ1v) is 6.94. The summed E-state index contributed by atoms with van der Waals surface area (Å²) in [5, 5.41) is 3.73. The Morgan fingerprint density at radius 3 is 2.61 bits per heavy atom. The Kier molecular flexibility index (Phi) is 3.71. The summed E-state index contributed by atoms with van der Waals surface area (Å²) in [6.07, 6.45) is 0.763. The summed E-state index contributed by atoms with van der Waals surface area (Å²) in [6.45, 7) is 2.12. The summed E-state index contributed by atoms with van der Waals surface area (Å²) in [6, 6.07) is 7.53. The number of methoxy groups -OCH3 is 1. The molecule has 1 amide bonds. The molecule has 3 N–H and O–H groups in total. The van der Waals surface area contributed by atoms with Crippen LogP contribution in [0, 0.1) is 0 Å². The van der Waals surface area contributed by atoms with Crippen LogP contribution in [-0.2, 0) is 4.79 Å². The van der Waals surface area contributed by atoms with E-state index in [9.17, 15) is 4.79 Å². The molecule has 2 atom stereocenters. The van der Waals surface area contributed by atoms with Crippen LogP contribution >= 0.6 is 11.8 Å². The smallest absolute Gasteiger partial charge is 0.244 e. The van der Waals surface area contributed by atoms with Gasteiger partial charge in [-0.25, -0.2) is 0 Å². The van der Waals surface area contributed by atoms with Crippen molar-refractivity contribution >= 4 is 23.4 Å². The molecule has 1 saturated heterocycles. The number of hydrogen-bond donors (Lipinski definition) is 2. The Balaban J connectivity index is 2.16. The number of ether oxygens (including phenoxy) is 1. The molecule has 2 unspecified atom stereocenters. The number of hydrogen-bond acceptors (Lipinski definition) is 4. The van der Waals surface area contributed by atoms with Crippen molar-refractivity contribution in [3.05, 3.63) is 24.3 Å². The Hall–Kier alpha value is -1.36. The zero-order valence-corrected chi connectivity index (χ0v) is 11.4. The molecule has 0 spiro atoms. The molecule has 0 radical (unpaired) electrons. The van der Waals surface area contributed by atoms with E-state index in [-0.39, 0.29) is 5.91 Å². The van der Waals surface area contributed by atoms with Gasteiger partial charge in [0.05, 0.1) is 7.11 Å². The normalized spacial score (nSPS) is 26.9. The van der Waals surface area contributed by atoms with Gasteiger partial charge in [-0.3, -0.25) is 4.79 Å². The average Bonchev–Trinajstić information content (AvgIpc) is 2.73. The largest absolute Gasteiger partial charge is 0.497 e. The molecule has 0 aromatic heterocycles. The van der Waals surface area contributed by atoms with Crippen molar-refractivity contribution in [2.45, 2.75) is 24.1 Å². The number of primary amides is 1. The third-order valence-electron chi connectivity index (χ3n) is 3.20. The summed E-state index contributed by atoms with van der Waals surface area (Å²) in [5.41, 5.74) is 5.83. The quantitative estimate of drug-likeness (QED) is 0.873. The van der Waals surface area contributed by atoms with Crippen molar-refractivity contribution in [3.8, 4) is 5.75 Å². The predicted octanol–water partition coefficient (Wildman–Crippen LogP) is 1.86. The fourth-order valence-corrected chi connectivity index (χ4v) is 3.47. The fourth-order valence-electron chi connectivity index (χ4n) is 2.16. The third kappa shape index (κ3) is 2.56. The maximum absolute atomic E-state index is 11.7. The molecule has 1 aromatic rings. The molecule has 1 heterocycles. The lowest BCUT2D eigenvalue weighted by Crippen LogP contribution is -2.51. The number of nitrogens with one attached hydrogen (secondary N) is 1.